The molecular weight excluding hydrogens is 299 g/mol. The molecule has 1 aromatic rings. The van der Waals surface area contributed by atoms with Crippen LogP contribution in [-0.2, 0) is 6.18 Å². The van der Waals surface area contributed by atoms with Crippen LogP contribution in [0.5, 0.6) is 0 Å². The highest BCUT2D eigenvalue weighted by atomic mass is 79.9. The maximum atomic E-state index is 12.4. The molecule has 0 fully saturated rings. The van der Waals surface area contributed by atoms with Gasteiger partial charge in [0.05, 0.1) is 10.0 Å². The summed E-state index contributed by atoms with van der Waals surface area (Å²) >= 11 is 2.51. The molecule has 0 aliphatic carbocycles. The van der Waals surface area contributed by atoms with Crippen molar-refractivity contribution >= 4 is 15.9 Å². The van der Waals surface area contributed by atoms with Crippen molar-refractivity contribution in [1.29, 1.82) is 5.26 Å². The Kier molecular flexibility index (Phi) is 3.48. The molecule has 0 N–H and O–H groups in total. The SMILES string of the molecule is N#Cc1nc(C(F)F)cc(C(F)(F)F)c1Br. The molecule has 0 aromatic carbocycles. The van der Waals surface area contributed by atoms with Crippen molar-refractivity contribution < 1.29 is 22.0 Å². The van der Waals surface area contributed by atoms with Crippen molar-refractivity contribution in [2.24, 2.45) is 0 Å². The van der Waals surface area contributed by atoms with Crippen LogP contribution in [0.15, 0.2) is 10.5 Å². The first-order chi connectivity index (χ1) is 7.27. The van der Waals surface area contributed by atoms with Crippen LogP contribution in [-0.4, -0.2) is 4.98 Å². The van der Waals surface area contributed by atoms with Crippen LogP contribution < -0.4 is 0 Å². The summed E-state index contributed by atoms with van der Waals surface area (Å²) < 4.78 is 61.0. The predicted octanol–water partition coefficient (Wildman–Crippen LogP) is 3.67. The lowest BCUT2D eigenvalue weighted by Gasteiger charge is -2.11. The molecule has 0 bridgehead atoms. The molecule has 0 unspecified atom stereocenters. The van der Waals surface area contributed by atoms with Crippen LogP contribution in [0.4, 0.5) is 22.0 Å². The minimum atomic E-state index is -4.82. The molecule has 1 heterocycles. The summed E-state index contributed by atoms with van der Waals surface area (Å²) in [6, 6.07) is 1.53. The first-order valence-electron chi connectivity index (χ1n) is 3.73. The summed E-state index contributed by atoms with van der Waals surface area (Å²) in [4.78, 5) is 3.11. The van der Waals surface area contributed by atoms with E-state index in [4.69, 9.17) is 5.26 Å². The fourth-order valence-electron chi connectivity index (χ4n) is 0.941. The maximum absolute atomic E-state index is 12.4. The number of hydrogen-bond acceptors (Lipinski definition) is 2. The summed E-state index contributed by atoms with van der Waals surface area (Å²) in [5.74, 6) is 0. The van der Waals surface area contributed by atoms with Gasteiger partial charge in [-0.2, -0.15) is 18.4 Å². The van der Waals surface area contributed by atoms with Crippen molar-refractivity contribution in [3.63, 3.8) is 0 Å². The second-order valence-electron chi connectivity index (χ2n) is 2.67. The number of halogens is 6. The molecule has 0 amide bonds. The third-order valence-corrected chi connectivity index (χ3v) is 2.42. The van der Waals surface area contributed by atoms with Crippen LogP contribution >= 0.6 is 15.9 Å². The topological polar surface area (TPSA) is 36.7 Å². The van der Waals surface area contributed by atoms with Crippen LogP contribution in [0.3, 0.4) is 0 Å². The molecule has 0 atom stereocenters. The van der Waals surface area contributed by atoms with Gasteiger partial charge in [0.15, 0.2) is 5.69 Å². The highest BCUT2D eigenvalue weighted by molar-refractivity contribution is 9.10. The van der Waals surface area contributed by atoms with Crippen LogP contribution in [0.25, 0.3) is 0 Å². The molecule has 0 saturated carbocycles. The van der Waals surface area contributed by atoms with Crippen molar-refractivity contribution in [3.05, 3.63) is 27.5 Å². The number of alkyl halides is 5. The van der Waals surface area contributed by atoms with Crippen LogP contribution in [0.1, 0.15) is 23.4 Å². The lowest BCUT2D eigenvalue weighted by Crippen LogP contribution is -2.10. The van der Waals surface area contributed by atoms with E-state index in [1.165, 1.54) is 6.07 Å². The van der Waals surface area contributed by atoms with E-state index in [0.29, 0.717) is 0 Å². The monoisotopic (exact) mass is 300 g/mol. The predicted molar refractivity (Wildman–Crippen MR) is 46.6 cm³/mol. The van der Waals surface area contributed by atoms with Gasteiger partial charge in [0.25, 0.3) is 6.43 Å². The van der Waals surface area contributed by atoms with E-state index in [0.717, 1.165) is 0 Å². The average Bonchev–Trinajstić information content (AvgIpc) is 2.15. The number of aromatic nitrogens is 1. The van der Waals surface area contributed by atoms with Gasteiger partial charge < -0.3 is 0 Å². The quantitative estimate of drug-likeness (QED) is 0.742. The number of pyridine rings is 1. The summed E-state index contributed by atoms with van der Waals surface area (Å²) in [7, 11) is 0. The van der Waals surface area contributed by atoms with E-state index < -0.39 is 34.0 Å². The summed E-state index contributed by atoms with van der Waals surface area (Å²) in [5.41, 5.74) is -3.13. The molecule has 1 aromatic heterocycles. The molecule has 2 nitrogen and oxygen atoms in total. The van der Waals surface area contributed by atoms with Gasteiger partial charge in [0.1, 0.15) is 11.8 Å². The van der Waals surface area contributed by atoms with Crippen molar-refractivity contribution in [2.75, 3.05) is 0 Å². The van der Waals surface area contributed by atoms with Gasteiger partial charge in [-0.3, -0.25) is 0 Å². The van der Waals surface area contributed by atoms with Crippen LogP contribution in [0.2, 0.25) is 0 Å². The fourth-order valence-corrected chi connectivity index (χ4v) is 1.46. The second kappa shape index (κ2) is 4.33. The summed E-state index contributed by atoms with van der Waals surface area (Å²) in [6.07, 6.45) is -7.99. The Balaban J connectivity index is 3.50. The van der Waals surface area contributed by atoms with Crippen molar-refractivity contribution in [1.82, 2.24) is 4.98 Å². The molecule has 86 valence electrons. The maximum Gasteiger partial charge on any atom is 0.417 e. The number of nitriles is 1. The first-order valence-corrected chi connectivity index (χ1v) is 4.52. The summed E-state index contributed by atoms with van der Waals surface area (Å²) in [6.45, 7) is 0. The van der Waals surface area contributed by atoms with Gasteiger partial charge in [-0.1, -0.05) is 0 Å². The highest BCUT2D eigenvalue weighted by Crippen LogP contribution is 2.37. The minimum Gasteiger partial charge on any atom is -0.235 e. The van der Waals surface area contributed by atoms with Gasteiger partial charge in [-0.15, -0.1) is 0 Å². The Morgan fingerprint density at radius 1 is 1.38 bits per heavy atom. The molecule has 16 heavy (non-hydrogen) atoms. The molecule has 0 spiro atoms. The fraction of sp³-hybridized carbons (Fsp3) is 0.250. The van der Waals surface area contributed by atoms with Gasteiger partial charge in [0, 0.05) is 0 Å². The minimum absolute atomic E-state index is 0.218. The Bertz CT molecular complexity index is 449. The Morgan fingerprint density at radius 3 is 2.31 bits per heavy atom. The average molecular weight is 301 g/mol. The number of rotatable bonds is 1. The third-order valence-electron chi connectivity index (χ3n) is 1.61. The Labute approximate surface area is 94.8 Å². The van der Waals surface area contributed by atoms with Crippen molar-refractivity contribution in [3.8, 4) is 6.07 Å². The molecule has 0 radical (unpaired) electrons. The van der Waals surface area contributed by atoms with E-state index in [1.54, 1.807) is 0 Å². The number of hydrogen-bond donors (Lipinski definition) is 0. The van der Waals surface area contributed by atoms with Gasteiger partial charge in [-0.05, 0) is 22.0 Å². The second-order valence-corrected chi connectivity index (χ2v) is 3.46. The third kappa shape index (κ3) is 2.47. The van der Waals surface area contributed by atoms with Crippen LogP contribution in [0, 0.1) is 11.3 Å². The Hall–Kier alpha value is -1.23. The van der Waals surface area contributed by atoms with E-state index in [1.807, 2.05) is 0 Å². The molecule has 0 aliphatic rings. The van der Waals surface area contributed by atoms with Gasteiger partial charge >= 0.3 is 6.18 Å². The first kappa shape index (κ1) is 12.8. The zero-order chi connectivity index (χ0) is 12.5. The zero-order valence-electron chi connectivity index (χ0n) is 7.32. The van der Waals surface area contributed by atoms with E-state index in [-0.39, 0.29) is 6.07 Å². The van der Waals surface area contributed by atoms with Gasteiger partial charge in [0.2, 0.25) is 0 Å². The number of nitrogens with zero attached hydrogens (tertiary/aromatic N) is 2. The lowest BCUT2D eigenvalue weighted by molar-refractivity contribution is -0.138. The standard InChI is InChI=1S/C8H2BrF5N2/c9-6-3(8(12,13)14)1-4(7(10)11)16-5(6)2-15/h1,7H. The highest BCUT2D eigenvalue weighted by Gasteiger charge is 2.35. The molecule has 0 saturated heterocycles. The largest absolute Gasteiger partial charge is 0.417 e. The molecular formula is C8H2BrF5N2. The lowest BCUT2D eigenvalue weighted by atomic mass is 10.2. The zero-order valence-corrected chi connectivity index (χ0v) is 8.90. The molecule has 8 heteroatoms. The summed E-state index contributed by atoms with van der Waals surface area (Å²) in [5, 5.41) is 8.46. The van der Waals surface area contributed by atoms with Crippen molar-refractivity contribution in [2.45, 2.75) is 12.6 Å². The molecule has 0 aliphatic heterocycles. The normalized spacial score (nSPS) is 11.6. The van der Waals surface area contributed by atoms with Gasteiger partial charge in [-0.25, -0.2) is 13.8 Å². The molecule has 1 rings (SSSR count). The van der Waals surface area contributed by atoms with E-state index >= 15 is 0 Å². The smallest absolute Gasteiger partial charge is 0.235 e. The van der Waals surface area contributed by atoms with E-state index in [9.17, 15) is 22.0 Å². The van der Waals surface area contributed by atoms with E-state index in [2.05, 4.69) is 20.9 Å². The Morgan fingerprint density at radius 2 is 1.94 bits per heavy atom.